The predicted molar refractivity (Wildman–Crippen MR) is 143 cm³/mol. The van der Waals surface area contributed by atoms with Gasteiger partial charge < -0.3 is 14.7 Å². The largest absolute Gasteiger partial charge is 0.338 e. The molecule has 0 spiro atoms. The molecule has 0 N–H and O–H groups in total. The van der Waals surface area contributed by atoms with E-state index in [2.05, 4.69) is 4.98 Å². The number of pyridine rings is 1. The number of halogens is 4. The highest BCUT2D eigenvalue weighted by atomic mass is 35.5. The van der Waals surface area contributed by atoms with Crippen molar-refractivity contribution >= 4 is 29.5 Å². The van der Waals surface area contributed by atoms with E-state index < -0.39 is 18.0 Å². The van der Waals surface area contributed by atoms with Crippen molar-refractivity contribution in [3.8, 4) is 0 Å². The summed E-state index contributed by atoms with van der Waals surface area (Å²) in [4.78, 5) is 35.5. The molecule has 1 aromatic heterocycles. The van der Waals surface area contributed by atoms with Crippen LogP contribution in [0.2, 0.25) is 5.02 Å². The van der Waals surface area contributed by atoms with Crippen molar-refractivity contribution in [1.29, 1.82) is 0 Å². The quantitative estimate of drug-likeness (QED) is 0.437. The van der Waals surface area contributed by atoms with Crippen LogP contribution in [0, 0.1) is 5.92 Å². The Hall–Kier alpha value is -2.91. The van der Waals surface area contributed by atoms with Crippen molar-refractivity contribution in [3.63, 3.8) is 0 Å². The number of amides is 2. The summed E-state index contributed by atoms with van der Waals surface area (Å²) in [6, 6.07) is 9.23. The summed E-state index contributed by atoms with van der Waals surface area (Å²) in [6.07, 6.45) is 4.50. The molecule has 39 heavy (non-hydrogen) atoms. The van der Waals surface area contributed by atoms with E-state index in [1.165, 1.54) is 6.08 Å². The summed E-state index contributed by atoms with van der Waals surface area (Å²) >= 11 is 6.31. The van der Waals surface area contributed by atoms with E-state index >= 15 is 0 Å². The van der Waals surface area contributed by atoms with E-state index in [1.807, 2.05) is 23.1 Å². The van der Waals surface area contributed by atoms with Gasteiger partial charge in [-0.1, -0.05) is 29.8 Å². The number of piperidine rings is 1. The Kier molecular flexibility index (Phi) is 8.28. The Morgan fingerprint density at radius 3 is 2.64 bits per heavy atom. The lowest BCUT2D eigenvalue weighted by Gasteiger charge is -2.33. The smallest absolute Gasteiger partial charge is 0.250 e. The number of hydrogen-bond donors (Lipinski definition) is 0. The van der Waals surface area contributed by atoms with Gasteiger partial charge in [-0.15, -0.1) is 0 Å². The van der Waals surface area contributed by atoms with Gasteiger partial charge in [-0.05, 0) is 47.7 Å². The third-order valence-corrected chi connectivity index (χ3v) is 8.15. The second kappa shape index (κ2) is 11.7. The molecule has 2 amide bonds. The number of carbonyl (C=O) groups excluding carboxylic acids is 2. The predicted octanol–water partition coefficient (Wildman–Crippen LogP) is 4.75. The zero-order valence-electron chi connectivity index (χ0n) is 21.7. The molecule has 2 fully saturated rings. The van der Waals surface area contributed by atoms with Crippen LogP contribution in [0.25, 0.3) is 6.08 Å². The Labute approximate surface area is 231 Å². The SMILES string of the molecule is O=C(/C=C/c1cccc2c1CCN(C(=O)[C@H]1C[C@H]1F)C2)N(CCN1CCC(F)(F)CC1)Cc1ncccc1Cl. The molecule has 2 aliphatic heterocycles. The average Bonchev–Trinajstić information content (AvgIpc) is 3.66. The van der Waals surface area contributed by atoms with E-state index in [9.17, 15) is 22.8 Å². The second-order valence-electron chi connectivity index (χ2n) is 10.6. The Bertz CT molecular complexity index is 1250. The van der Waals surface area contributed by atoms with Crippen LogP contribution in [0.1, 0.15) is 41.6 Å². The van der Waals surface area contributed by atoms with E-state index in [0.29, 0.717) is 49.7 Å². The third-order valence-electron chi connectivity index (χ3n) is 7.81. The maximum Gasteiger partial charge on any atom is 0.250 e. The molecule has 1 saturated carbocycles. The van der Waals surface area contributed by atoms with E-state index in [4.69, 9.17) is 11.6 Å². The van der Waals surface area contributed by atoms with E-state index in [1.54, 1.807) is 34.2 Å². The maximum absolute atomic E-state index is 13.6. The lowest BCUT2D eigenvalue weighted by atomic mass is 9.94. The van der Waals surface area contributed by atoms with Gasteiger partial charge in [0.1, 0.15) is 6.17 Å². The number of benzene rings is 1. The monoisotopic (exact) mass is 560 g/mol. The van der Waals surface area contributed by atoms with Crippen LogP contribution in [-0.2, 0) is 29.1 Å². The minimum Gasteiger partial charge on any atom is -0.338 e. The lowest BCUT2D eigenvalue weighted by Crippen LogP contribution is -2.44. The molecule has 0 unspecified atom stereocenters. The number of hydrogen-bond acceptors (Lipinski definition) is 4. The molecule has 1 aliphatic carbocycles. The Morgan fingerprint density at radius 2 is 1.92 bits per heavy atom. The summed E-state index contributed by atoms with van der Waals surface area (Å²) in [7, 11) is 0. The molecule has 3 aliphatic rings. The minimum absolute atomic E-state index is 0.120. The number of fused-ring (bicyclic) bond motifs is 1. The first-order valence-corrected chi connectivity index (χ1v) is 13.8. The van der Waals surface area contributed by atoms with Gasteiger partial charge in [-0.2, -0.15) is 0 Å². The van der Waals surface area contributed by atoms with Crippen LogP contribution < -0.4 is 0 Å². The second-order valence-corrected chi connectivity index (χ2v) is 11.0. The lowest BCUT2D eigenvalue weighted by molar-refractivity contribution is -0.134. The molecular formula is C29H32ClF3N4O2. The van der Waals surface area contributed by atoms with E-state index in [-0.39, 0.29) is 44.3 Å². The fraction of sp³-hybridized carbons (Fsp3) is 0.483. The number of nitrogens with zero attached hydrogens (tertiary/aromatic N) is 4. The van der Waals surface area contributed by atoms with Gasteiger partial charge in [0.25, 0.3) is 5.92 Å². The molecule has 1 saturated heterocycles. The highest BCUT2D eigenvalue weighted by Gasteiger charge is 2.46. The molecule has 208 valence electrons. The molecule has 5 rings (SSSR count). The van der Waals surface area contributed by atoms with Gasteiger partial charge >= 0.3 is 0 Å². The number of carbonyl (C=O) groups is 2. The molecule has 3 heterocycles. The molecule has 0 radical (unpaired) electrons. The van der Waals surface area contributed by atoms with Crippen molar-refractivity contribution in [2.24, 2.45) is 5.92 Å². The molecule has 2 aromatic rings. The van der Waals surface area contributed by atoms with Crippen molar-refractivity contribution < 1.29 is 22.8 Å². The van der Waals surface area contributed by atoms with Crippen molar-refractivity contribution in [3.05, 3.63) is 70.0 Å². The highest BCUT2D eigenvalue weighted by molar-refractivity contribution is 6.31. The third kappa shape index (κ3) is 6.81. The van der Waals surface area contributed by atoms with Crippen LogP contribution in [-0.4, -0.2) is 76.3 Å². The zero-order valence-corrected chi connectivity index (χ0v) is 22.4. The highest BCUT2D eigenvalue weighted by Crippen LogP contribution is 2.37. The first kappa shape index (κ1) is 27.6. The molecular weight excluding hydrogens is 529 g/mol. The number of alkyl halides is 3. The fourth-order valence-electron chi connectivity index (χ4n) is 5.25. The summed E-state index contributed by atoms with van der Waals surface area (Å²) < 4.78 is 40.5. The van der Waals surface area contributed by atoms with Gasteiger partial charge in [-0.3, -0.25) is 14.6 Å². The summed E-state index contributed by atoms with van der Waals surface area (Å²) in [5.41, 5.74) is 3.54. The van der Waals surface area contributed by atoms with Gasteiger partial charge in [-0.25, -0.2) is 13.2 Å². The molecule has 2 atom stereocenters. The number of rotatable bonds is 8. The Balaban J connectivity index is 1.27. The summed E-state index contributed by atoms with van der Waals surface area (Å²) in [6.45, 7) is 2.57. The fourth-order valence-corrected chi connectivity index (χ4v) is 5.43. The number of likely N-dealkylation sites (tertiary alicyclic amines) is 1. The first-order chi connectivity index (χ1) is 18.7. The van der Waals surface area contributed by atoms with Crippen LogP contribution in [0.4, 0.5) is 13.2 Å². The van der Waals surface area contributed by atoms with Crippen molar-refractivity contribution in [2.45, 2.75) is 50.9 Å². The van der Waals surface area contributed by atoms with Crippen molar-refractivity contribution in [1.82, 2.24) is 19.7 Å². The van der Waals surface area contributed by atoms with Crippen LogP contribution in [0.15, 0.2) is 42.6 Å². The van der Waals surface area contributed by atoms with Gasteiger partial charge in [0, 0.05) is 64.4 Å². The van der Waals surface area contributed by atoms with E-state index in [0.717, 1.165) is 16.7 Å². The van der Waals surface area contributed by atoms with Crippen molar-refractivity contribution in [2.75, 3.05) is 32.7 Å². The number of aromatic nitrogens is 1. The normalized spacial score (nSPS) is 22.5. The standard InChI is InChI=1S/C29H32ClF3N4O2/c30-24-5-2-11-34-26(24)19-36(16-15-35-13-9-29(32,33)10-14-35)27(38)7-6-20-3-1-4-21-18-37(12-8-22(20)21)28(39)23-17-25(23)31/h1-7,11,23,25H,8-10,12-19H2/b7-6+/t23-,25+/m0/s1. The summed E-state index contributed by atoms with van der Waals surface area (Å²) in [5, 5.41) is 0.457. The molecule has 1 aromatic carbocycles. The van der Waals surface area contributed by atoms with Crippen LogP contribution in [0.5, 0.6) is 0 Å². The topological polar surface area (TPSA) is 56.8 Å². The first-order valence-electron chi connectivity index (χ1n) is 13.4. The van der Waals surface area contributed by atoms with Gasteiger partial charge in [0.2, 0.25) is 11.8 Å². The molecule has 6 nitrogen and oxygen atoms in total. The molecule has 0 bridgehead atoms. The van der Waals surface area contributed by atoms with Gasteiger partial charge in [0.15, 0.2) is 0 Å². The van der Waals surface area contributed by atoms with Crippen LogP contribution in [0.3, 0.4) is 0 Å². The molecule has 10 heteroatoms. The summed E-state index contributed by atoms with van der Waals surface area (Å²) in [5.74, 6) is -3.46. The van der Waals surface area contributed by atoms with Crippen LogP contribution >= 0.6 is 11.6 Å². The Morgan fingerprint density at radius 1 is 1.15 bits per heavy atom. The zero-order chi connectivity index (χ0) is 27.6. The van der Waals surface area contributed by atoms with Gasteiger partial charge in [0.05, 0.1) is 23.2 Å². The maximum atomic E-state index is 13.6. The average molecular weight is 561 g/mol. The minimum atomic E-state index is -2.62.